The summed E-state index contributed by atoms with van der Waals surface area (Å²) in [5.74, 6) is 0. The molecule has 0 N–H and O–H groups in total. The molecule has 0 atom stereocenters. The molecule has 0 aliphatic carbocycles. The summed E-state index contributed by atoms with van der Waals surface area (Å²) < 4.78 is 22.7. The minimum Gasteiger partial charge on any atom is -0.385 e. The zero-order valence-corrected chi connectivity index (χ0v) is 20.9. The topological polar surface area (TPSA) is 46.2 Å². The van der Waals surface area contributed by atoms with E-state index in [1.807, 2.05) is 34.6 Å². The van der Waals surface area contributed by atoms with Gasteiger partial charge < -0.3 is 23.7 Å². The van der Waals surface area contributed by atoms with Gasteiger partial charge in [-0.2, -0.15) is 0 Å². The molecule has 0 aliphatic rings. The molecule has 0 unspecified atom stereocenters. The number of aryl methyl sites for hydroxylation is 2. The van der Waals surface area contributed by atoms with E-state index in [-0.39, 0.29) is 0 Å². The summed E-state index contributed by atoms with van der Waals surface area (Å²) in [5.41, 5.74) is 2.66. The lowest BCUT2D eigenvalue weighted by Crippen LogP contribution is -1.73. The Balaban J connectivity index is -0.0000000786. The first-order valence-electron chi connectivity index (χ1n) is 9.84. The van der Waals surface area contributed by atoms with Gasteiger partial charge in [-0.25, -0.2) is 0 Å². The third kappa shape index (κ3) is 73.4. The molecule has 1 rings (SSSR count). The molecule has 0 bridgehead atoms. The van der Waals surface area contributed by atoms with Crippen LogP contribution >= 0.6 is 0 Å². The Bertz CT molecular complexity index is 248. The lowest BCUT2D eigenvalue weighted by molar-refractivity contribution is 0.215. The predicted molar refractivity (Wildman–Crippen MR) is 124 cm³/mol. The maximum Gasteiger partial charge on any atom is 0.0433 e. The smallest absolute Gasteiger partial charge is 0.0433 e. The molecule has 0 spiro atoms. The summed E-state index contributed by atoms with van der Waals surface area (Å²) >= 11 is 0. The highest BCUT2D eigenvalue weighted by molar-refractivity contribution is 5.19. The number of methoxy groups -OCH3 is 5. The van der Waals surface area contributed by atoms with E-state index >= 15 is 0 Å². The molecule has 0 aromatic heterocycles. The largest absolute Gasteiger partial charge is 0.385 e. The SMILES string of the molecule is CCOC.CCOC.CCOC.CCOC.CCOC.Cc1ccc(C)cc1. The number of benzene rings is 1. The van der Waals surface area contributed by atoms with Gasteiger partial charge in [0.2, 0.25) is 0 Å². The normalized spacial score (nSPS) is 8.00. The third-order valence-corrected chi connectivity index (χ3v) is 2.66. The van der Waals surface area contributed by atoms with E-state index in [1.54, 1.807) is 35.5 Å². The zero-order valence-electron chi connectivity index (χ0n) is 20.9. The monoisotopic (exact) mass is 406 g/mol. The van der Waals surface area contributed by atoms with Crippen molar-refractivity contribution < 1.29 is 23.7 Å². The third-order valence-electron chi connectivity index (χ3n) is 2.66. The van der Waals surface area contributed by atoms with E-state index in [4.69, 9.17) is 0 Å². The molecular weight excluding hydrogens is 356 g/mol. The van der Waals surface area contributed by atoms with Crippen molar-refractivity contribution in [3.05, 3.63) is 35.4 Å². The Morgan fingerprint density at radius 2 is 0.536 bits per heavy atom. The van der Waals surface area contributed by atoms with Crippen molar-refractivity contribution in [2.24, 2.45) is 0 Å². The lowest BCUT2D eigenvalue weighted by Gasteiger charge is -1.90. The fraction of sp³-hybridized carbons (Fsp3) is 0.739. The molecule has 0 saturated carbocycles. The Hall–Kier alpha value is -0.980. The van der Waals surface area contributed by atoms with Gasteiger partial charge in [-0.05, 0) is 48.5 Å². The minimum absolute atomic E-state index is 0.819. The van der Waals surface area contributed by atoms with E-state index in [2.05, 4.69) is 61.8 Å². The Labute approximate surface area is 176 Å². The van der Waals surface area contributed by atoms with Crippen LogP contribution in [-0.4, -0.2) is 68.6 Å². The molecule has 0 radical (unpaired) electrons. The van der Waals surface area contributed by atoms with Gasteiger partial charge >= 0.3 is 0 Å². The van der Waals surface area contributed by atoms with Crippen molar-refractivity contribution in [1.82, 2.24) is 0 Å². The van der Waals surface area contributed by atoms with E-state index in [0.717, 1.165) is 33.0 Å². The standard InChI is InChI=1S/C8H10.5C3H8O/c1-7-3-5-8(2)6-4-7;5*1-3-4-2/h3-6H,1-2H3;5*3H2,1-2H3. The molecule has 0 heterocycles. The van der Waals surface area contributed by atoms with Gasteiger partial charge in [0.1, 0.15) is 0 Å². The second kappa shape index (κ2) is 45.0. The van der Waals surface area contributed by atoms with Crippen LogP contribution < -0.4 is 0 Å². The molecule has 0 fully saturated rings. The molecule has 0 aliphatic heterocycles. The van der Waals surface area contributed by atoms with Crippen LogP contribution in [0.1, 0.15) is 45.7 Å². The molecular formula is C23H50O5. The van der Waals surface area contributed by atoms with Crippen LogP contribution in [0.3, 0.4) is 0 Å². The first-order valence-corrected chi connectivity index (χ1v) is 9.84. The summed E-state index contributed by atoms with van der Waals surface area (Å²) in [4.78, 5) is 0. The predicted octanol–water partition coefficient (Wildman–Crippen LogP) is 5.57. The van der Waals surface area contributed by atoms with Crippen LogP contribution in [-0.2, 0) is 23.7 Å². The number of hydrogen-bond acceptors (Lipinski definition) is 5. The molecule has 5 nitrogen and oxygen atoms in total. The molecule has 1 aromatic rings. The summed E-state index contributed by atoms with van der Waals surface area (Å²) in [6, 6.07) is 8.48. The van der Waals surface area contributed by atoms with Crippen LogP contribution in [0.25, 0.3) is 0 Å². The maximum absolute atomic E-state index is 4.54. The van der Waals surface area contributed by atoms with Gasteiger partial charge in [0, 0.05) is 68.6 Å². The van der Waals surface area contributed by atoms with Crippen LogP contribution in [0.15, 0.2) is 24.3 Å². The van der Waals surface area contributed by atoms with Gasteiger partial charge in [0.15, 0.2) is 0 Å². The summed E-state index contributed by atoms with van der Waals surface area (Å²) in [6.07, 6.45) is 0. The van der Waals surface area contributed by atoms with Gasteiger partial charge in [-0.3, -0.25) is 0 Å². The Morgan fingerprint density at radius 3 is 0.607 bits per heavy atom. The molecule has 28 heavy (non-hydrogen) atoms. The van der Waals surface area contributed by atoms with E-state index < -0.39 is 0 Å². The highest BCUT2D eigenvalue weighted by atomic mass is 16.5. The van der Waals surface area contributed by atoms with Gasteiger partial charge in [-0.1, -0.05) is 35.4 Å². The summed E-state index contributed by atoms with van der Waals surface area (Å²) in [7, 11) is 8.40. The van der Waals surface area contributed by atoms with Gasteiger partial charge in [0.05, 0.1) is 0 Å². The Morgan fingerprint density at radius 1 is 0.429 bits per heavy atom. The van der Waals surface area contributed by atoms with Crippen LogP contribution in [0, 0.1) is 13.8 Å². The van der Waals surface area contributed by atoms with Crippen molar-refractivity contribution in [3.63, 3.8) is 0 Å². The number of ether oxygens (including phenoxy) is 5. The van der Waals surface area contributed by atoms with Gasteiger partial charge in [-0.15, -0.1) is 0 Å². The van der Waals surface area contributed by atoms with Crippen LogP contribution in [0.5, 0.6) is 0 Å². The minimum atomic E-state index is 0.819. The summed E-state index contributed by atoms with van der Waals surface area (Å²) in [5, 5.41) is 0. The fourth-order valence-electron chi connectivity index (χ4n) is 0.637. The lowest BCUT2D eigenvalue weighted by atomic mass is 10.2. The zero-order chi connectivity index (χ0) is 23.1. The molecule has 0 amide bonds. The fourth-order valence-corrected chi connectivity index (χ4v) is 0.637. The van der Waals surface area contributed by atoms with Crippen molar-refractivity contribution in [3.8, 4) is 0 Å². The van der Waals surface area contributed by atoms with Crippen LogP contribution in [0.2, 0.25) is 0 Å². The quantitative estimate of drug-likeness (QED) is 0.640. The average Bonchev–Trinajstić information content (AvgIpc) is 2.76. The highest BCUT2D eigenvalue weighted by Gasteiger charge is 1.79. The first kappa shape index (κ1) is 37.7. The average molecular weight is 407 g/mol. The second-order valence-electron chi connectivity index (χ2n) is 5.04. The molecule has 172 valence electrons. The van der Waals surface area contributed by atoms with E-state index in [1.165, 1.54) is 11.1 Å². The Kier molecular flexibility index (Phi) is 60.7. The van der Waals surface area contributed by atoms with Crippen molar-refractivity contribution in [1.29, 1.82) is 0 Å². The summed E-state index contributed by atoms with van der Waals surface area (Å²) in [6.45, 7) is 18.1. The molecule has 5 heteroatoms. The second-order valence-corrected chi connectivity index (χ2v) is 5.04. The van der Waals surface area contributed by atoms with Crippen LogP contribution in [0.4, 0.5) is 0 Å². The molecule has 1 aromatic carbocycles. The first-order chi connectivity index (χ1) is 13.4. The van der Waals surface area contributed by atoms with E-state index in [0.29, 0.717) is 0 Å². The van der Waals surface area contributed by atoms with E-state index in [9.17, 15) is 0 Å². The van der Waals surface area contributed by atoms with Crippen molar-refractivity contribution >= 4 is 0 Å². The van der Waals surface area contributed by atoms with Crippen molar-refractivity contribution in [2.45, 2.75) is 48.5 Å². The highest BCUT2D eigenvalue weighted by Crippen LogP contribution is 1.99. The maximum atomic E-state index is 4.54. The van der Waals surface area contributed by atoms with Gasteiger partial charge in [0.25, 0.3) is 0 Å². The number of rotatable bonds is 5. The molecule has 0 saturated heterocycles. The number of hydrogen-bond donors (Lipinski definition) is 0. The van der Waals surface area contributed by atoms with Crippen molar-refractivity contribution in [2.75, 3.05) is 68.6 Å².